The van der Waals surface area contributed by atoms with Crippen molar-refractivity contribution in [3.05, 3.63) is 0 Å². The van der Waals surface area contributed by atoms with Crippen molar-refractivity contribution < 1.29 is 17.9 Å². The van der Waals surface area contributed by atoms with Gasteiger partial charge in [0.15, 0.2) is 5.96 Å². The lowest BCUT2D eigenvalue weighted by atomic mass is 10.2. The summed E-state index contributed by atoms with van der Waals surface area (Å²) in [6, 6.07) is 0.00217. The van der Waals surface area contributed by atoms with Crippen LogP contribution in [0.25, 0.3) is 0 Å². The molecule has 0 aromatic rings. The average molecular weight is 480 g/mol. The molecule has 9 heteroatoms. The molecule has 1 fully saturated rings. The van der Waals surface area contributed by atoms with E-state index in [1.807, 2.05) is 6.92 Å². The third-order valence-corrected chi connectivity index (χ3v) is 3.53. The van der Waals surface area contributed by atoms with E-state index in [9.17, 15) is 13.2 Å². The van der Waals surface area contributed by atoms with Crippen LogP contribution in [0, 0.1) is 5.92 Å². The van der Waals surface area contributed by atoms with E-state index in [-0.39, 0.29) is 30.0 Å². The van der Waals surface area contributed by atoms with Crippen molar-refractivity contribution in [3.8, 4) is 0 Å². The molecule has 2 N–H and O–H groups in total. The fourth-order valence-corrected chi connectivity index (χ4v) is 2.54. The normalized spacial score (nSPS) is 19.2. The summed E-state index contributed by atoms with van der Waals surface area (Å²) in [4.78, 5) is 5.90. The van der Waals surface area contributed by atoms with E-state index in [1.54, 1.807) is 0 Å². The van der Waals surface area contributed by atoms with Crippen LogP contribution in [-0.4, -0.2) is 69.0 Å². The van der Waals surface area contributed by atoms with Gasteiger partial charge in [0.1, 0.15) is 0 Å². The number of aliphatic imine (C=N–C) groups is 1. The van der Waals surface area contributed by atoms with E-state index < -0.39 is 12.7 Å². The molecule has 1 heterocycles. The van der Waals surface area contributed by atoms with E-state index in [1.165, 1.54) is 4.90 Å². The molecule has 5 nitrogen and oxygen atoms in total. The Labute approximate surface area is 166 Å². The number of guanidine groups is 1. The summed E-state index contributed by atoms with van der Waals surface area (Å²) in [5.74, 6) is 1.19. The second kappa shape index (κ2) is 13.0. The van der Waals surface area contributed by atoms with Crippen molar-refractivity contribution in [1.82, 2.24) is 15.5 Å². The van der Waals surface area contributed by atoms with Gasteiger partial charge in [-0.3, -0.25) is 9.89 Å². The Morgan fingerprint density at radius 1 is 1.36 bits per heavy atom. The third kappa shape index (κ3) is 12.7. The molecule has 1 saturated heterocycles. The second-order valence-corrected chi connectivity index (χ2v) is 6.56. The number of nitrogens with zero attached hydrogens (tertiary/aromatic N) is 2. The highest BCUT2D eigenvalue weighted by Gasteiger charge is 2.34. The fourth-order valence-electron chi connectivity index (χ4n) is 2.54. The Balaban J connectivity index is 0.00000576. The first kappa shape index (κ1) is 24.7. The van der Waals surface area contributed by atoms with Crippen LogP contribution in [0.1, 0.15) is 33.6 Å². The van der Waals surface area contributed by atoms with Crippen LogP contribution in [-0.2, 0) is 4.74 Å². The summed E-state index contributed by atoms with van der Waals surface area (Å²) in [5.41, 5.74) is 0. The molecule has 0 radical (unpaired) electrons. The minimum Gasteiger partial charge on any atom is -0.381 e. The minimum atomic E-state index is -4.14. The molecule has 0 saturated carbocycles. The van der Waals surface area contributed by atoms with Gasteiger partial charge in [-0.2, -0.15) is 13.2 Å². The zero-order chi connectivity index (χ0) is 18.0. The molecule has 25 heavy (non-hydrogen) atoms. The zero-order valence-electron chi connectivity index (χ0n) is 15.4. The van der Waals surface area contributed by atoms with Gasteiger partial charge in [-0.05, 0) is 25.7 Å². The summed E-state index contributed by atoms with van der Waals surface area (Å²) < 4.78 is 42.8. The molecular formula is C16H32F3IN4O. The highest BCUT2D eigenvalue weighted by Crippen LogP contribution is 2.19. The maximum atomic E-state index is 12.4. The predicted molar refractivity (Wildman–Crippen MR) is 106 cm³/mol. The number of likely N-dealkylation sites (tertiary alicyclic amines) is 1. The topological polar surface area (TPSA) is 48.9 Å². The number of alkyl halides is 3. The largest absolute Gasteiger partial charge is 0.401 e. The minimum absolute atomic E-state index is 0. The van der Waals surface area contributed by atoms with Crippen molar-refractivity contribution in [3.63, 3.8) is 0 Å². The van der Waals surface area contributed by atoms with Gasteiger partial charge < -0.3 is 15.4 Å². The highest BCUT2D eigenvalue weighted by atomic mass is 127. The molecule has 0 bridgehead atoms. The Morgan fingerprint density at radius 2 is 2.08 bits per heavy atom. The number of halogens is 4. The molecule has 0 aliphatic carbocycles. The molecular weight excluding hydrogens is 448 g/mol. The third-order valence-electron chi connectivity index (χ3n) is 3.53. The van der Waals surface area contributed by atoms with Gasteiger partial charge in [0.25, 0.3) is 0 Å². The summed E-state index contributed by atoms with van der Waals surface area (Å²) >= 11 is 0. The quantitative estimate of drug-likeness (QED) is 0.231. The van der Waals surface area contributed by atoms with Crippen LogP contribution in [0.5, 0.6) is 0 Å². The lowest BCUT2D eigenvalue weighted by Gasteiger charge is -2.19. The van der Waals surface area contributed by atoms with E-state index in [0.29, 0.717) is 51.1 Å². The van der Waals surface area contributed by atoms with Crippen LogP contribution in [0.15, 0.2) is 4.99 Å². The molecule has 1 aliphatic rings. The fraction of sp³-hybridized carbons (Fsp3) is 0.938. The Bertz CT molecular complexity index is 381. The first-order valence-corrected chi connectivity index (χ1v) is 8.72. The van der Waals surface area contributed by atoms with Gasteiger partial charge in [-0.1, -0.05) is 13.8 Å². The van der Waals surface area contributed by atoms with Crippen molar-refractivity contribution in [1.29, 1.82) is 0 Å². The van der Waals surface area contributed by atoms with Crippen LogP contribution in [0.2, 0.25) is 0 Å². The van der Waals surface area contributed by atoms with Crippen LogP contribution >= 0.6 is 24.0 Å². The molecule has 0 aromatic carbocycles. The molecule has 0 spiro atoms. The lowest BCUT2D eigenvalue weighted by Crippen LogP contribution is -2.45. The van der Waals surface area contributed by atoms with E-state index in [0.717, 1.165) is 13.0 Å². The summed E-state index contributed by atoms with van der Waals surface area (Å²) in [7, 11) is 0. The molecule has 1 aliphatic heterocycles. The summed E-state index contributed by atoms with van der Waals surface area (Å²) in [6.07, 6.45) is -2.62. The van der Waals surface area contributed by atoms with Crippen LogP contribution in [0.3, 0.4) is 0 Å². The summed E-state index contributed by atoms with van der Waals surface area (Å²) in [6.45, 7) is 8.95. The highest BCUT2D eigenvalue weighted by molar-refractivity contribution is 14.0. The first-order chi connectivity index (χ1) is 11.3. The molecule has 0 aromatic heterocycles. The molecule has 150 valence electrons. The number of hydrogen-bond acceptors (Lipinski definition) is 3. The Kier molecular flexibility index (Phi) is 12.8. The monoisotopic (exact) mass is 480 g/mol. The molecule has 1 unspecified atom stereocenters. The van der Waals surface area contributed by atoms with Crippen LogP contribution < -0.4 is 10.6 Å². The lowest BCUT2D eigenvalue weighted by molar-refractivity contribution is -0.143. The Morgan fingerprint density at radius 3 is 2.68 bits per heavy atom. The van der Waals surface area contributed by atoms with Crippen molar-refractivity contribution >= 4 is 29.9 Å². The van der Waals surface area contributed by atoms with Crippen molar-refractivity contribution in [2.75, 3.05) is 45.9 Å². The van der Waals surface area contributed by atoms with E-state index in [2.05, 4.69) is 29.5 Å². The zero-order valence-corrected chi connectivity index (χ0v) is 17.7. The number of rotatable bonds is 9. The van der Waals surface area contributed by atoms with E-state index in [4.69, 9.17) is 4.74 Å². The predicted octanol–water partition coefficient (Wildman–Crippen LogP) is 2.86. The van der Waals surface area contributed by atoms with Gasteiger partial charge in [-0.15, -0.1) is 24.0 Å². The van der Waals surface area contributed by atoms with Crippen LogP contribution in [0.4, 0.5) is 13.2 Å². The SMILES string of the molecule is CCNC(=NCCCOCC(C)C)NC1CCN(CC(F)(F)F)C1.I. The van der Waals surface area contributed by atoms with Gasteiger partial charge in [0.2, 0.25) is 0 Å². The standard InChI is InChI=1S/C16H31F3N4O.HI/c1-4-20-15(21-7-5-9-24-11-13(2)3)22-14-6-8-23(10-14)12-16(17,18)19;/h13-14H,4-12H2,1-3H3,(H2,20,21,22);1H. The second-order valence-electron chi connectivity index (χ2n) is 6.56. The first-order valence-electron chi connectivity index (χ1n) is 8.72. The number of nitrogens with one attached hydrogen (secondary N) is 2. The van der Waals surface area contributed by atoms with Gasteiger partial charge >= 0.3 is 6.18 Å². The van der Waals surface area contributed by atoms with Gasteiger partial charge in [-0.25, -0.2) is 0 Å². The molecule has 0 amide bonds. The maximum absolute atomic E-state index is 12.4. The number of ether oxygens (including phenoxy) is 1. The number of hydrogen-bond donors (Lipinski definition) is 2. The Hall–Kier alpha value is -0.290. The molecule has 1 atom stereocenters. The van der Waals surface area contributed by atoms with E-state index >= 15 is 0 Å². The molecule has 1 rings (SSSR count). The average Bonchev–Trinajstić information content (AvgIpc) is 2.87. The van der Waals surface area contributed by atoms with Crippen molar-refractivity contribution in [2.45, 2.75) is 45.8 Å². The maximum Gasteiger partial charge on any atom is 0.401 e. The van der Waals surface area contributed by atoms with Gasteiger partial charge in [0, 0.05) is 45.4 Å². The van der Waals surface area contributed by atoms with Gasteiger partial charge in [0.05, 0.1) is 6.54 Å². The summed E-state index contributed by atoms with van der Waals surface area (Å²) in [5, 5.41) is 6.37. The van der Waals surface area contributed by atoms with Crippen molar-refractivity contribution in [2.24, 2.45) is 10.9 Å². The smallest absolute Gasteiger partial charge is 0.381 e.